The van der Waals surface area contributed by atoms with E-state index in [1.54, 1.807) is 12.1 Å². The Hall–Kier alpha value is -1.95. The second-order valence-corrected chi connectivity index (χ2v) is 6.61. The maximum absolute atomic E-state index is 12.4. The fraction of sp³-hybridized carbons (Fsp3) is 0.231. The molecule has 0 atom stereocenters. The third-order valence-corrected chi connectivity index (χ3v) is 4.60. The predicted molar refractivity (Wildman–Crippen MR) is 80.5 cm³/mol. The maximum Gasteiger partial charge on any atom is 0.264 e. The van der Waals surface area contributed by atoms with Crippen LogP contribution in [-0.4, -0.2) is 30.3 Å². The zero-order valence-electron chi connectivity index (χ0n) is 11.2. The largest absolute Gasteiger partial charge is 0.395 e. The molecule has 0 bridgehead atoms. The number of hydrogen-bond acceptors (Lipinski definition) is 6. The van der Waals surface area contributed by atoms with Crippen LogP contribution in [0.3, 0.4) is 0 Å². The zero-order valence-corrected chi connectivity index (χ0v) is 12.8. The van der Waals surface area contributed by atoms with Crippen molar-refractivity contribution in [1.29, 1.82) is 0 Å². The van der Waals surface area contributed by atoms with E-state index in [0.717, 1.165) is 16.9 Å². The van der Waals surface area contributed by atoms with Crippen molar-refractivity contribution in [2.75, 3.05) is 11.3 Å². The Bertz CT molecular complexity index is 775. The van der Waals surface area contributed by atoms with Crippen LogP contribution in [0.2, 0.25) is 0 Å². The molecule has 0 amide bonds. The van der Waals surface area contributed by atoms with Crippen molar-refractivity contribution in [3.63, 3.8) is 0 Å². The van der Waals surface area contributed by atoms with E-state index in [1.165, 1.54) is 11.6 Å². The summed E-state index contributed by atoms with van der Waals surface area (Å²) in [6.45, 7) is 1.79. The monoisotopic (exact) mass is 323 g/mol. The number of anilines is 1. The van der Waals surface area contributed by atoms with Crippen LogP contribution in [0.5, 0.6) is 0 Å². The lowest BCUT2D eigenvalue weighted by molar-refractivity contribution is 0.305. The molecule has 0 aliphatic carbocycles. The van der Waals surface area contributed by atoms with Gasteiger partial charge in [0.15, 0.2) is 0 Å². The average Bonchev–Trinajstić information content (AvgIpc) is 2.91. The van der Waals surface area contributed by atoms with Gasteiger partial charge in [-0.3, -0.25) is 4.72 Å². The van der Waals surface area contributed by atoms with E-state index in [4.69, 9.17) is 5.11 Å². The van der Waals surface area contributed by atoms with Gasteiger partial charge in [-0.25, -0.2) is 8.42 Å². The van der Waals surface area contributed by atoms with E-state index in [2.05, 4.69) is 26.8 Å². The first kappa shape index (κ1) is 15.4. The molecule has 0 saturated carbocycles. The second-order valence-electron chi connectivity index (χ2n) is 4.12. The van der Waals surface area contributed by atoms with Crippen molar-refractivity contribution in [3.05, 3.63) is 34.8 Å². The first-order valence-corrected chi connectivity index (χ1v) is 8.38. The van der Waals surface area contributed by atoms with Gasteiger partial charge in [0.2, 0.25) is 5.13 Å². The van der Waals surface area contributed by atoms with E-state index in [-0.39, 0.29) is 23.1 Å². The average molecular weight is 323 g/mol. The molecule has 2 aromatic rings. The molecule has 0 radical (unpaired) electrons. The molecule has 0 aliphatic heterocycles. The van der Waals surface area contributed by atoms with Gasteiger partial charge < -0.3 is 5.11 Å². The number of aryl methyl sites for hydroxylation is 1. The third-order valence-electron chi connectivity index (χ3n) is 2.47. The summed E-state index contributed by atoms with van der Waals surface area (Å²) < 4.78 is 27.1. The summed E-state index contributed by atoms with van der Waals surface area (Å²) in [5.74, 6) is 5.51. The molecule has 0 fully saturated rings. The first-order chi connectivity index (χ1) is 10.0. The van der Waals surface area contributed by atoms with Gasteiger partial charge in [0.1, 0.15) is 10.4 Å². The minimum atomic E-state index is -3.77. The highest BCUT2D eigenvalue weighted by atomic mass is 32.2. The summed E-state index contributed by atoms with van der Waals surface area (Å²) in [5.41, 5.74) is 2.73. The molecule has 0 spiro atoms. The molecule has 2 N–H and O–H groups in total. The van der Waals surface area contributed by atoms with Crippen LogP contribution in [0.25, 0.3) is 0 Å². The Morgan fingerprint density at radius 1 is 1.43 bits per heavy atom. The number of nitrogens with one attached hydrogen (secondary N) is 1. The lowest BCUT2D eigenvalue weighted by atomic mass is 10.1. The maximum atomic E-state index is 12.4. The molecule has 1 aromatic carbocycles. The van der Waals surface area contributed by atoms with Crippen molar-refractivity contribution in [2.45, 2.75) is 18.2 Å². The SMILES string of the molecule is Cc1ccc(S(=O)(=O)Nc2nncs2)c(C#CCCO)c1. The number of benzene rings is 1. The Morgan fingerprint density at radius 3 is 2.90 bits per heavy atom. The van der Waals surface area contributed by atoms with Crippen LogP contribution in [0.4, 0.5) is 5.13 Å². The standard InChI is InChI=1S/C13H13N3O3S2/c1-10-5-6-12(11(8-10)4-2-3-7-17)21(18,19)16-13-15-14-9-20-13/h5-6,8-9,17H,3,7H2,1H3,(H,15,16). The van der Waals surface area contributed by atoms with Crippen LogP contribution in [0.1, 0.15) is 17.5 Å². The van der Waals surface area contributed by atoms with Gasteiger partial charge in [-0.1, -0.05) is 29.2 Å². The van der Waals surface area contributed by atoms with Crippen molar-refractivity contribution in [2.24, 2.45) is 0 Å². The van der Waals surface area contributed by atoms with Crippen LogP contribution in [0.15, 0.2) is 28.6 Å². The highest BCUT2D eigenvalue weighted by molar-refractivity contribution is 7.93. The van der Waals surface area contributed by atoms with Crippen LogP contribution in [-0.2, 0) is 10.0 Å². The summed E-state index contributed by atoms with van der Waals surface area (Å²) in [7, 11) is -3.77. The number of aromatic nitrogens is 2. The van der Waals surface area contributed by atoms with Gasteiger partial charge in [0.05, 0.1) is 6.61 Å². The summed E-state index contributed by atoms with van der Waals surface area (Å²) >= 11 is 1.09. The minimum absolute atomic E-state index is 0.0655. The lowest BCUT2D eigenvalue weighted by Gasteiger charge is -2.08. The zero-order chi connectivity index (χ0) is 15.3. The fourth-order valence-corrected chi connectivity index (χ4v) is 3.41. The Kier molecular flexibility index (Phi) is 4.90. The van der Waals surface area contributed by atoms with Gasteiger partial charge >= 0.3 is 0 Å². The van der Waals surface area contributed by atoms with E-state index in [1.807, 2.05) is 6.92 Å². The minimum Gasteiger partial charge on any atom is -0.395 e. The molecule has 110 valence electrons. The summed E-state index contributed by atoms with van der Waals surface area (Å²) in [5, 5.41) is 16.2. The molecule has 2 rings (SSSR count). The Labute approximate surface area is 126 Å². The summed E-state index contributed by atoms with van der Waals surface area (Å²) in [4.78, 5) is 0.0775. The van der Waals surface area contributed by atoms with Gasteiger partial charge in [-0.15, -0.1) is 10.2 Å². The molecule has 1 aromatic heterocycles. The molecular formula is C13H13N3O3S2. The molecule has 21 heavy (non-hydrogen) atoms. The van der Waals surface area contributed by atoms with E-state index in [0.29, 0.717) is 5.56 Å². The lowest BCUT2D eigenvalue weighted by Crippen LogP contribution is -2.14. The molecule has 0 aliphatic rings. The van der Waals surface area contributed by atoms with Crippen LogP contribution in [0, 0.1) is 18.8 Å². The predicted octanol–water partition coefficient (Wildman–Crippen LogP) is 1.38. The highest BCUT2D eigenvalue weighted by Crippen LogP contribution is 2.21. The second kappa shape index (κ2) is 6.67. The highest BCUT2D eigenvalue weighted by Gasteiger charge is 2.19. The first-order valence-electron chi connectivity index (χ1n) is 6.02. The smallest absolute Gasteiger partial charge is 0.264 e. The molecule has 8 heteroatoms. The number of rotatable bonds is 4. The Morgan fingerprint density at radius 2 is 2.24 bits per heavy atom. The van der Waals surface area contributed by atoms with Gasteiger partial charge in [-0.2, -0.15) is 0 Å². The van der Waals surface area contributed by atoms with E-state index < -0.39 is 10.0 Å². The number of aliphatic hydroxyl groups excluding tert-OH is 1. The van der Waals surface area contributed by atoms with E-state index in [9.17, 15) is 8.42 Å². The van der Waals surface area contributed by atoms with Crippen molar-refractivity contribution in [1.82, 2.24) is 10.2 Å². The van der Waals surface area contributed by atoms with Crippen molar-refractivity contribution < 1.29 is 13.5 Å². The topological polar surface area (TPSA) is 92.2 Å². The molecule has 0 unspecified atom stereocenters. The third kappa shape index (κ3) is 4.01. The van der Waals surface area contributed by atoms with E-state index >= 15 is 0 Å². The summed E-state index contributed by atoms with van der Waals surface area (Å²) in [6, 6.07) is 4.90. The van der Waals surface area contributed by atoms with Crippen molar-refractivity contribution in [3.8, 4) is 11.8 Å². The number of aliphatic hydroxyl groups is 1. The van der Waals surface area contributed by atoms with Crippen LogP contribution >= 0.6 is 11.3 Å². The number of hydrogen-bond donors (Lipinski definition) is 2. The van der Waals surface area contributed by atoms with Gasteiger partial charge in [-0.05, 0) is 24.6 Å². The fourth-order valence-electron chi connectivity index (χ4n) is 1.58. The molecule has 0 saturated heterocycles. The molecule has 1 heterocycles. The van der Waals surface area contributed by atoms with Crippen molar-refractivity contribution >= 4 is 26.5 Å². The normalized spacial score (nSPS) is 10.8. The molecular weight excluding hydrogens is 310 g/mol. The molecule has 6 nitrogen and oxygen atoms in total. The Balaban J connectivity index is 2.41. The number of nitrogens with zero attached hydrogens (tertiary/aromatic N) is 2. The van der Waals surface area contributed by atoms with Gasteiger partial charge in [0.25, 0.3) is 10.0 Å². The quantitative estimate of drug-likeness (QED) is 0.829. The van der Waals surface area contributed by atoms with Gasteiger partial charge in [0, 0.05) is 12.0 Å². The summed E-state index contributed by atoms with van der Waals surface area (Å²) in [6.07, 6.45) is 0.289. The van der Waals surface area contributed by atoms with Crippen LogP contribution < -0.4 is 4.72 Å². The number of sulfonamides is 1.